The normalized spacial score (nSPS) is 15.0. The minimum atomic E-state index is -0.832. The highest BCUT2D eigenvalue weighted by atomic mass is 32.1. The molecule has 6 nitrogen and oxygen atoms in total. The van der Waals surface area contributed by atoms with Gasteiger partial charge in [0.05, 0.1) is 6.42 Å². The van der Waals surface area contributed by atoms with Crippen LogP contribution in [0.2, 0.25) is 0 Å². The lowest BCUT2D eigenvalue weighted by Gasteiger charge is -2.31. The summed E-state index contributed by atoms with van der Waals surface area (Å²) in [6.07, 6.45) is 7.85. The topological polar surface area (TPSA) is 75.4 Å². The van der Waals surface area contributed by atoms with Gasteiger partial charge < -0.3 is 14.6 Å². The maximum Gasteiger partial charge on any atom is 0.250 e. The Kier molecular flexibility index (Phi) is 6.82. The van der Waals surface area contributed by atoms with Gasteiger partial charge in [-0.05, 0) is 55.0 Å². The van der Waals surface area contributed by atoms with Crippen molar-refractivity contribution in [2.45, 2.75) is 57.7 Å². The first-order valence-corrected chi connectivity index (χ1v) is 11.6. The Labute approximate surface area is 186 Å². The third-order valence-corrected chi connectivity index (χ3v) is 6.47. The van der Waals surface area contributed by atoms with E-state index >= 15 is 0 Å². The van der Waals surface area contributed by atoms with E-state index in [1.165, 1.54) is 11.3 Å². The highest BCUT2D eigenvalue weighted by molar-refractivity contribution is 7.10. The molecule has 1 aliphatic carbocycles. The molecule has 3 aromatic rings. The molecule has 0 aliphatic heterocycles. The summed E-state index contributed by atoms with van der Waals surface area (Å²) >= 11 is 1.54. The van der Waals surface area contributed by atoms with Gasteiger partial charge in [0.25, 0.3) is 5.91 Å². The fourth-order valence-electron chi connectivity index (χ4n) is 4.05. The number of rotatable bonds is 8. The second-order valence-corrected chi connectivity index (χ2v) is 9.01. The number of nitrogens with zero attached hydrogens (tertiary/aromatic N) is 2. The number of carbonyl (C=O) groups is 2. The van der Waals surface area contributed by atoms with Crippen LogP contribution in [0.15, 0.2) is 58.6 Å². The van der Waals surface area contributed by atoms with Gasteiger partial charge in [-0.3, -0.25) is 14.6 Å². The zero-order valence-electron chi connectivity index (χ0n) is 17.6. The number of aryl methyl sites for hydroxylation is 1. The van der Waals surface area contributed by atoms with Crippen molar-refractivity contribution in [3.8, 4) is 0 Å². The zero-order valence-corrected chi connectivity index (χ0v) is 18.4. The van der Waals surface area contributed by atoms with Crippen LogP contribution in [-0.4, -0.2) is 27.7 Å². The van der Waals surface area contributed by atoms with E-state index in [-0.39, 0.29) is 30.8 Å². The quantitative estimate of drug-likeness (QED) is 0.566. The van der Waals surface area contributed by atoms with E-state index in [1.807, 2.05) is 42.6 Å². The van der Waals surface area contributed by atoms with Gasteiger partial charge in [-0.15, -0.1) is 11.3 Å². The third-order valence-electron chi connectivity index (χ3n) is 5.59. The number of carbonyl (C=O) groups excluding carboxylic acids is 2. The minimum Gasteiger partial charge on any atom is -0.464 e. The zero-order chi connectivity index (χ0) is 21.6. The maximum absolute atomic E-state index is 13.5. The molecule has 162 valence electrons. The van der Waals surface area contributed by atoms with E-state index in [9.17, 15) is 9.59 Å². The minimum absolute atomic E-state index is 0.119. The molecule has 1 atom stereocenters. The Morgan fingerprint density at radius 3 is 2.71 bits per heavy atom. The predicted octanol–water partition coefficient (Wildman–Crippen LogP) is 4.42. The van der Waals surface area contributed by atoms with Crippen LogP contribution >= 0.6 is 11.3 Å². The van der Waals surface area contributed by atoms with Crippen LogP contribution in [0.1, 0.15) is 53.7 Å². The largest absolute Gasteiger partial charge is 0.464 e. The molecule has 0 aromatic carbocycles. The molecular formula is C24H27N3O3S. The molecule has 0 bridgehead atoms. The van der Waals surface area contributed by atoms with Crippen LogP contribution in [0.4, 0.5) is 0 Å². The molecule has 0 saturated heterocycles. The highest BCUT2D eigenvalue weighted by Gasteiger charge is 2.35. The lowest BCUT2D eigenvalue weighted by atomic mass is 10.1. The van der Waals surface area contributed by atoms with Gasteiger partial charge in [0, 0.05) is 29.9 Å². The Bertz CT molecular complexity index is 994. The number of hydrogen-bond acceptors (Lipinski definition) is 5. The maximum atomic E-state index is 13.5. The molecule has 31 heavy (non-hydrogen) atoms. The van der Waals surface area contributed by atoms with Gasteiger partial charge in [-0.25, -0.2) is 0 Å². The summed E-state index contributed by atoms with van der Waals surface area (Å²) in [6.45, 7) is 2.12. The molecule has 3 heterocycles. The number of nitrogens with one attached hydrogen (secondary N) is 1. The summed E-state index contributed by atoms with van der Waals surface area (Å²) in [5.74, 6) is 0.883. The number of furan rings is 1. The number of amides is 2. The van der Waals surface area contributed by atoms with Crippen molar-refractivity contribution < 1.29 is 14.0 Å². The van der Waals surface area contributed by atoms with E-state index in [4.69, 9.17) is 4.42 Å². The summed E-state index contributed by atoms with van der Waals surface area (Å²) in [7, 11) is 0. The molecule has 7 heteroatoms. The van der Waals surface area contributed by atoms with E-state index in [1.54, 1.807) is 23.4 Å². The van der Waals surface area contributed by atoms with Gasteiger partial charge in [-0.1, -0.05) is 25.0 Å². The molecule has 0 spiro atoms. The molecule has 4 rings (SSSR count). The molecule has 0 unspecified atom stereocenters. The lowest BCUT2D eigenvalue weighted by Crippen LogP contribution is -2.46. The smallest absolute Gasteiger partial charge is 0.250 e. The average Bonchev–Trinajstić information content (AvgIpc) is 3.53. The molecule has 1 aliphatic rings. The SMILES string of the molecule is Cc1ccc([C@H](C(=O)NC2CCCC2)N(Cc2cccnc2)C(=O)Cc2cccs2)o1. The molecule has 1 N–H and O–H groups in total. The van der Waals surface area contributed by atoms with Crippen molar-refractivity contribution in [3.05, 3.63) is 76.1 Å². The monoisotopic (exact) mass is 437 g/mol. The van der Waals surface area contributed by atoms with Crippen molar-refractivity contribution in [2.24, 2.45) is 0 Å². The molecule has 1 saturated carbocycles. The highest BCUT2D eigenvalue weighted by Crippen LogP contribution is 2.28. The molecular weight excluding hydrogens is 410 g/mol. The Balaban J connectivity index is 1.66. The first kappa shape index (κ1) is 21.3. The molecule has 2 amide bonds. The van der Waals surface area contributed by atoms with Crippen molar-refractivity contribution in [2.75, 3.05) is 0 Å². The van der Waals surface area contributed by atoms with Gasteiger partial charge in [0.2, 0.25) is 5.91 Å². The third kappa shape index (κ3) is 5.41. The molecule has 3 aromatic heterocycles. The average molecular weight is 438 g/mol. The van der Waals surface area contributed by atoms with Crippen LogP contribution in [0.25, 0.3) is 0 Å². The Morgan fingerprint density at radius 2 is 2.06 bits per heavy atom. The Morgan fingerprint density at radius 1 is 1.23 bits per heavy atom. The van der Waals surface area contributed by atoms with Gasteiger partial charge in [0.15, 0.2) is 6.04 Å². The number of pyridine rings is 1. The number of hydrogen-bond donors (Lipinski definition) is 1. The van der Waals surface area contributed by atoms with Gasteiger partial charge in [-0.2, -0.15) is 0 Å². The first-order chi connectivity index (χ1) is 15.1. The summed E-state index contributed by atoms with van der Waals surface area (Å²) < 4.78 is 5.87. The van der Waals surface area contributed by atoms with E-state index in [0.717, 1.165) is 36.1 Å². The number of aromatic nitrogens is 1. The van der Waals surface area contributed by atoms with Crippen molar-refractivity contribution >= 4 is 23.2 Å². The van der Waals surface area contributed by atoms with Crippen molar-refractivity contribution in [1.82, 2.24) is 15.2 Å². The summed E-state index contributed by atoms with van der Waals surface area (Å²) in [6, 6.07) is 10.6. The fourth-order valence-corrected chi connectivity index (χ4v) is 4.75. The van der Waals surface area contributed by atoms with Gasteiger partial charge in [0.1, 0.15) is 11.5 Å². The second kappa shape index (κ2) is 9.92. The van der Waals surface area contributed by atoms with E-state index in [2.05, 4.69) is 10.3 Å². The summed E-state index contributed by atoms with van der Waals surface area (Å²) in [5, 5.41) is 5.11. The van der Waals surface area contributed by atoms with Crippen LogP contribution in [0.5, 0.6) is 0 Å². The van der Waals surface area contributed by atoms with Crippen molar-refractivity contribution in [1.29, 1.82) is 0 Å². The standard InChI is InChI=1S/C24H27N3O3S/c1-17-10-11-21(30-17)23(24(29)26-19-7-2-3-8-19)27(16-18-6-4-12-25-15-18)22(28)14-20-9-5-13-31-20/h4-6,9-13,15,19,23H,2-3,7-8,14,16H2,1H3,(H,26,29)/t23-/m1/s1. The van der Waals surface area contributed by atoms with Gasteiger partial charge >= 0.3 is 0 Å². The molecule has 0 radical (unpaired) electrons. The second-order valence-electron chi connectivity index (χ2n) is 7.98. The fraction of sp³-hybridized carbons (Fsp3) is 0.375. The van der Waals surface area contributed by atoms with Crippen LogP contribution in [0, 0.1) is 6.92 Å². The first-order valence-electron chi connectivity index (χ1n) is 10.7. The van der Waals surface area contributed by atoms with Crippen molar-refractivity contribution in [3.63, 3.8) is 0 Å². The van der Waals surface area contributed by atoms with Crippen LogP contribution < -0.4 is 5.32 Å². The Hall–Kier alpha value is -2.93. The summed E-state index contributed by atoms with van der Waals surface area (Å²) in [5.41, 5.74) is 0.865. The summed E-state index contributed by atoms with van der Waals surface area (Å²) in [4.78, 5) is 33.7. The molecule has 1 fully saturated rings. The van der Waals surface area contributed by atoms with E-state index < -0.39 is 6.04 Å². The van der Waals surface area contributed by atoms with E-state index in [0.29, 0.717) is 11.5 Å². The van der Waals surface area contributed by atoms with Crippen LogP contribution in [-0.2, 0) is 22.6 Å². The predicted molar refractivity (Wildman–Crippen MR) is 119 cm³/mol. The number of thiophene rings is 1. The van der Waals surface area contributed by atoms with Crippen LogP contribution in [0.3, 0.4) is 0 Å². The lowest BCUT2D eigenvalue weighted by molar-refractivity contribution is -0.142.